The largest absolute Gasteiger partial charge is 0.389 e. The molecule has 2 aromatic rings. The SMILES string of the molecule is CC(C)OCC(O)CN1CCC(=C(c2ccsc2)c2ccsc2)CC1. The number of rotatable bonds is 7. The van der Waals surface area contributed by atoms with Crippen LogP contribution in [0.2, 0.25) is 0 Å². The summed E-state index contributed by atoms with van der Waals surface area (Å²) in [5.74, 6) is 0. The van der Waals surface area contributed by atoms with Crippen molar-refractivity contribution in [3.8, 4) is 0 Å². The third-order valence-electron chi connectivity index (χ3n) is 4.52. The van der Waals surface area contributed by atoms with E-state index in [0.717, 1.165) is 25.9 Å². The number of β-amino-alcohol motifs (C(OH)–C–C–N with tert-alkyl or cyclic N) is 1. The molecule has 1 atom stereocenters. The van der Waals surface area contributed by atoms with Crippen molar-refractivity contribution in [2.45, 2.75) is 38.9 Å². The lowest BCUT2D eigenvalue weighted by atomic mass is 9.91. The van der Waals surface area contributed by atoms with Crippen LogP contribution in [0.3, 0.4) is 0 Å². The van der Waals surface area contributed by atoms with E-state index in [1.807, 2.05) is 13.8 Å². The Kier molecular flexibility index (Phi) is 6.84. The lowest BCUT2D eigenvalue weighted by Gasteiger charge is -2.31. The van der Waals surface area contributed by atoms with Gasteiger partial charge in [0.1, 0.15) is 0 Å². The zero-order valence-electron chi connectivity index (χ0n) is 15.0. The number of nitrogens with zero attached hydrogens (tertiary/aromatic N) is 1. The molecule has 0 spiro atoms. The second-order valence-electron chi connectivity index (χ2n) is 6.84. The first-order chi connectivity index (χ1) is 12.1. The molecule has 0 saturated carbocycles. The van der Waals surface area contributed by atoms with Crippen LogP contribution in [0.25, 0.3) is 5.57 Å². The Morgan fingerprint density at radius 1 is 1.12 bits per heavy atom. The van der Waals surface area contributed by atoms with Crippen molar-refractivity contribution in [3.05, 3.63) is 50.4 Å². The zero-order chi connectivity index (χ0) is 17.6. The van der Waals surface area contributed by atoms with Gasteiger partial charge in [-0.1, -0.05) is 5.57 Å². The molecule has 25 heavy (non-hydrogen) atoms. The summed E-state index contributed by atoms with van der Waals surface area (Å²) in [6.07, 6.45) is 1.91. The van der Waals surface area contributed by atoms with Gasteiger partial charge in [-0.05, 0) is 77.0 Å². The standard InChI is InChI=1S/C20H27NO2S2/c1-15(2)23-12-19(22)11-21-7-3-16(4-8-21)20(17-5-9-24-13-17)18-6-10-25-14-18/h5-6,9-10,13-15,19,22H,3-4,7-8,11-12H2,1-2H3. The molecule has 0 radical (unpaired) electrons. The van der Waals surface area contributed by atoms with E-state index >= 15 is 0 Å². The maximum Gasteiger partial charge on any atom is 0.0900 e. The summed E-state index contributed by atoms with van der Waals surface area (Å²) < 4.78 is 5.52. The fraction of sp³-hybridized carbons (Fsp3) is 0.500. The fourth-order valence-electron chi connectivity index (χ4n) is 3.30. The molecule has 0 aliphatic carbocycles. The van der Waals surface area contributed by atoms with Gasteiger partial charge in [-0.15, -0.1) is 0 Å². The van der Waals surface area contributed by atoms with Gasteiger partial charge in [-0.3, -0.25) is 0 Å². The molecule has 1 unspecified atom stereocenters. The molecular formula is C20H27NO2S2. The molecule has 1 aliphatic heterocycles. The first-order valence-corrected chi connectivity index (χ1v) is 10.8. The van der Waals surface area contributed by atoms with Gasteiger partial charge in [0.05, 0.1) is 18.8 Å². The maximum atomic E-state index is 10.1. The Morgan fingerprint density at radius 3 is 2.20 bits per heavy atom. The molecule has 1 saturated heterocycles. The Hall–Kier alpha value is -0.980. The highest BCUT2D eigenvalue weighted by Gasteiger charge is 2.21. The summed E-state index contributed by atoms with van der Waals surface area (Å²) in [6.45, 7) is 7.14. The van der Waals surface area contributed by atoms with E-state index in [2.05, 4.69) is 38.6 Å². The lowest BCUT2D eigenvalue weighted by Crippen LogP contribution is -2.39. The molecule has 0 aromatic carbocycles. The molecule has 3 heterocycles. The molecule has 0 amide bonds. The second-order valence-corrected chi connectivity index (χ2v) is 8.40. The van der Waals surface area contributed by atoms with Crippen molar-refractivity contribution < 1.29 is 9.84 Å². The van der Waals surface area contributed by atoms with Crippen LogP contribution in [0.15, 0.2) is 39.2 Å². The Bertz CT molecular complexity index is 616. The first kappa shape index (κ1) is 18.8. The predicted octanol–water partition coefficient (Wildman–Crippen LogP) is 4.49. The van der Waals surface area contributed by atoms with Crippen LogP contribution >= 0.6 is 22.7 Å². The summed E-state index contributed by atoms with van der Waals surface area (Å²) >= 11 is 3.52. The number of aliphatic hydroxyl groups excluding tert-OH is 1. The highest BCUT2D eigenvalue weighted by molar-refractivity contribution is 7.08. The molecule has 1 N–H and O–H groups in total. The van der Waals surface area contributed by atoms with Crippen molar-refractivity contribution in [2.75, 3.05) is 26.2 Å². The van der Waals surface area contributed by atoms with Crippen LogP contribution in [-0.2, 0) is 4.74 Å². The Labute approximate surface area is 158 Å². The monoisotopic (exact) mass is 377 g/mol. The summed E-state index contributed by atoms with van der Waals surface area (Å²) in [5.41, 5.74) is 5.65. The summed E-state index contributed by atoms with van der Waals surface area (Å²) in [4.78, 5) is 2.36. The van der Waals surface area contributed by atoms with Crippen LogP contribution in [-0.4, -0.2) is 48.5 Å². The van der Waals surface area contributed by atoms with Gasteiger partial charge in [-0.25, -0.2) is 0 Å². The first-order valence-electron chi connectivity index (χ1n) is 8.92. The minimum atomic E-state index is -0.402. The van der Waals surface area contributed by atoms with Gasteiger partial charge in [0.2, 0.25) is 0 Å². The van der Waals surface area contributed by atoms with E-state index in [4.69, 9.17) is 4.74 Å². The van der Waals surface area contributed by atoms with E-state index in [0.29, 0.717) is 13.2 Å². The molecule has 3 nitrogen and oxygen atoms in total. The average molecular weight is 378 g/mol. The van der Waals surface area contributed by atoms with Crippen molar-refractivity contribution in [3.63, 3.8) is 0 Å². The molecule has 2 aromatic heterocycles. The van der Waals surface area contributed by atoms with Crippen molar-refractivity contribution in [2.24, 2.45) is 0 Å². The molecule has 5 heteroatoms. The van der Waals surface area contributed by atoms with E-state index < -0.39 is 6.10 Å². The highest BCUT2D eigenvalue weighted by Crippen LogP contribution is 2.34. The number of piperidine rings is 1. The number of aliphatic hydroxyl groups is 1. The Morgan fingerprint density at radius 2 is 1.72 bits per heavy atom. The van der Waals surface area contributed by atoms with E-state index in [1.54, 1.807) is 28.2 Å². The minimum Gasteiger partial charge on any atom is -0.389 e. The molecule has 1 fully saturated rings. The van der Waals surface area contributed by atoms with Crippen LogP contribution in [0.1, 0.15) is 37.8 Å². The summed E-state index contributed by atoms with van der Waals surface area (Å²) in [6, 6.07) is 4.45. The number of likely N-dealkylation sites (tertiary alicyclic amines) is 1. The Balaban J connectivity index is 1.64. The van der Waals surface area contributed by atoms with Gasteiger partial charge in [0.15, 0.2) is 0 Å². The van der Waals surface area contributed by atoms with Crippen molar-refractivity contribution in [1.29, 1.82) is 0 Å². The summed E-state index contributed by atoms with van der Waals surface area (Å²) in [7, 11) is 0. The van der Waals surface area contributed by atoms with Crippen molar-refractivity contribution >= 4 is 28.2 Å². The third-order valence-corrected chi connectivity index (χ3v) is 5.89. The third kappa shape index (κ3) is 5.25. The zero-order valence-corrected chi connectivity index (χ0v) is 16.6. The van der Waals surface area contributed by atoms with E-state index in [9.17, 15) is 5.11 Å². The smallest absolute Gasteiger partial charge is 0.0900 e. The minimum absolute atomic E-state index is 0.171. The average Bonchev–Trinajstić information content (AvgIpc) is 3.29. The molecule has 1 aliphatic rings. The fourth-order valence-corrected chi connectivity index (χ4v) is 4.59. The lowest BCUT2D eigenvalue weighted by molar-refractivity contribution is -0.00927. The molecule has 3 rings (SSSR count). The van der Waals surface area contributed by atoms with E-state index in [-0.39, 0.29) is 6.10 Å². The van der Waals surface area contributed by atoms with Gasteiger partial charge < -0.3 is 14.7 Å². The molecular weight excluding hydrogens is 350 g/mol. The van der Waals surface area contributed by atoms with Gasteiger partial charge in [-0.2, -0.15) is 22.7 Å². The second kappa shape index (κ2) is 9.10. The van der Waals surface area contributed by atoms with E-state index in [1.165, 1.54) is 16.7 Å². The quantitative estimate of drug-likeness (QED) is 0.771. The number of hydrogen-bond donors (Lipinski definition) is 1. The number of ether oxygens (including phenoxy) is 1. The predicted molar refractivity (Wildman–Crippen MR) is 107 cm³/mol. The molecule has 136 valence electrons. The maximum absolute atomic E-state index is 10.1. The van der Waals surface area contributed by atoms with Crippen molar-refractivity contribution in [1.82, 2.24) is 4.90 Å². The van der Waals surface area contributed by atoms with Crippen LogP contribution in [0.4, 0.5) is 0 Å². The molecule has 0 bridgehead atoms. The van der Waals surface area contributed by atoms with Crippen LogP contribution in [0, 0.1) is 0 Å². The van der Waals surface area contributed by atoms with Gasteiger partial charge in [0, 0.05) is 19.6 Å². The highest BCUT2D eigenvalue weighted by atomic mass is 32.1. The number of thiophene rings is 2. The normalized spacial score (nSPS) is 17.2. The number of hydrogen-bond acceptors (Lipinski definition) is 5. The van der Waals surface area contributed by atoms with Crippen LogP contribution < -0.4 is 0 Å². The van der Waals surface area contributed by atoms with Gasteiger partial charge in [0.25, 0.3) is 0 Å². The van der Waals surface area contributed by atoms with Crippen LogP contribution in [0.5, 0.6) is 0 Å². The topological polar surface area (TPSA) is 32.7 Å². The van der Waals surface area contributed by atoms with Gasteiger partial charge >= 0.3 is 0 Å². The summed E-state index contributed by atoms with van der Waals surface area (Å²) in [5, 5.41) is 19.0.